The van der Waals surface area contributed by atoms with E-state index in [1.165, 1.54) is 0 Å². The second-order valence-electron chi connectivity index (χ2n) is 6.59. The molecule has 0 bridgehead atoms. The summed E-state index contributed by atoms with van der Waals surface area (Å²) in [5.74, 6) is 1.09. The zero-order valence-corrected chi connectivity index (χ0v) is 14.1. The molecule has 7 nitrogen and oxygen atoms in total. The van der Waals surface area contributed by atoms with Crippen molar-refractivity contribution in [3.8, 4) is 0 Å². The van der Waals surface area contributed by atoms with Gasteiger partial charge in [-0.3, -0.25) is 0 Å². The molecule has 0 aliphatic carbocycles. The summed E-state index contributed by atoms with van der Waals surface area (Å²) in [6, 6.07) is 0. The first kappa shape index (κ1) is 15.9. The molecule has 8 heteroatoms. The van der Waals surface area contributed by atoms with Crippen LogP contribution in [0, 0.1) is 12.3 Å². The van der Waals surface area contributed by atoms with Crippen LogP contribution >= 0.6 is 0 Å². The van der Waals surface area contributed by atoms with E-state index in [2.05, 4.69) is 10.1 Å². The molecule has 1 aromatic heterocycles. The fraction of sp³-hybridized carbons (Fsp3) is 0.857. The van der Waals surface area contributed by atoms with Gasteiger partial charge in [0.15, 0.2) is 5.82 Å². The van der Waals surface area contributed by atoms with E-state index in [9.17, 15) is 8.42 Å². The van der Waals surface area contributed by atoms with E-state index in [1.807, 2.05) is 0 Å². The lowest BCUT2D eigenvalue weighted by atomic mass is 9.72. The summed E-state index contributed by atoms with van der Waals surface area (Å²) in [5, 5.41) is 3.45. The second-order valence-corrected chi connectivity index (χ2v) is 9.08. The van der Waals surface area contributed by atoms with E-state index in [0.717, 1.165) is 12.8 Å². The zero-order valence-electron chi connectivity index (χ0n) is 13.3. The largest absolute Gasteiger partial charge is 0.381 e. The van der Waals surface area contributed by atoms with Crippen LogP contribution in [-0.2, 0) is 14.8 Å². The molecule has 22 heavy (non-hydrogen) atoms. The highest BCUT2D eigenvalue weighted by Crippen LogP contribution is 2.50. The van der Waals surface area contributed by atoms with E-state index in [4.69, 9.17) is 9.26 Å². The van der Waals surface area contributed by atoms with E-state index in [0.29, 0.717) is 38.0 Å². The van der Waals surface area contributed by atoms with Crippen LogP contribution in [0.3, 0.4) is 0 Å². The quantitative estimate of drug-likeness (QED) is 0.831. The van der Waals surface area contributed by atoms with Crippen LogP contribution < -0.4 is 0 Å². The van der Waals surface area contributed by atoms with Gasteiger partial charge in [0.25, 0.3) is 0 Å². The molecule has 2 aliphatic rings. The van der Waals surface area contributed by atoms with Crippen LogP contribution in [0.2, 0.25) is 0 Å². The Labute approximate surface area is 131 Å². The van der Waals surface area contributed by atoms with Gasteiger partial charge in [0.05, 0.1) is 11.2 Å². The smallest absolute Gasteiger partial charge is 0.231 e. The molecule has 3 rings (SSSR count). The van der Waals surface area contributed by atoms with Gasteiger partial charge in [-0.2, -0.15) is 4.98 Å². The molecule has 2 aliphatic heterocycles. The predicted molar refractivity (Wildman–Crippen MR) is 79.9 cm³/mol. The van der Waals surface area contributed by atoms with Crippen LogP contribution in [0.4, 0.5) is 0 Å². The Hall–Kier alpha value is -0.990. The molecular formula is C14H23N3O4S. The summed E-state index contributed by atoms with van der Waals surface area (Å²) < 4.78 is 37.6. The minimum absolute atomic E-state index is 0.0499. The molecule has 0 radical (unpaired) electrons. The summed E-state index contributed by atoms with van der Waals surface area (Å²) >= 11 is 0. The Morgan fingerprint density at radius 1 is 1.32 bits per heavy atom. The van der Waals surface area contributed by atoms with Crippen molar-refractivity contribution < 1.29 is 17.7 Å². The van der Waals surface area contributed by atoms with Crippen LogP contribution in [-0.4, -0.2) is 54.4 Å². The maximum atomic E-state index is 12.6. The van der Waals surface area contributed by atoms with Gasteiger partial charge in [0.1, 0.15) is 0 Å². The van der Waals surface area contributed by atoms with Gasteiger partial charge in [-0.15, -0.1) is 0 Å². The number of rotatable bonds is 3. The van der Waals surface area contributed by atoms with E-state index < -0.39 is 15.3 Å². The van der Waals surface area contributed by atoms with Gasteiger partial charge in [0.2, 0.25) is 15.9 Å². The van der Waals surface area contributed by atoms with Crippen molar-refractivity contribution in [2.75, 3.05) is 26.3 Å². The van der Waals surface area contributed by atoms with Crippen LogP contribution in [0.1, 0.15) is 44.3 Å². The van der Waals surface area contributed by atoms with Crippen molar-refractivity contribution >= 4 is 10.0 Å². The van der Waals surface area contributed by atoms with Gasteiger partial charge < -0.3 is 9.26 Å². The highest BCUT2D eigenvalue weighted by molar-refractivity contribution is 7.89. The molecule has 0 unspecified atom stereocenters. The molecule has 2 fully saturated rings. The Balaban J connectivity index is 1.95. The molecular weight excluding hydrogens is 306 g/mol. The second kappa shape index (κ2) is 5.58. The molecule has 0 aromatic carbocycles. The van der Waals surface area contributed by atoms with Gasteiger partial charge in [-0.05, 0) is 33.6 Å². The molecule has 124 valence electrons. The number of hydrogen-bond donors (Lipinski definition) is 0. The number of nitrogens with zero attached hydrogens (tertiary/aromatic N) is 3. The Morgan fingerprint density at radius 2 is 2.00 bits per heavy atom. The lowest BCUT2D eigenvalue weighted by molar-refractivity contribution is 0.0104. The third-order valence-corrected chi connectivity index (χ3v) is 7.09. The number of ether oxygens (including phenoxy) is 1. The highest BCUT2D eigenvalue weighted by atomic mass is 32.2. The molecule has 0 saturated carbocycles. The normalized spacial score (nSPS) is 26.1. The maximum Gasteiger partial charge on any atom is 0.231 e. The fourth-order valence-corrected chi connectivity index (χ4v) is 4.88. The van der Waals surface area contributed by atoms with Crippen molar-refractivity contribution in [2.45, 2.75) is 44.8 Å². The van der Waals surface area contributed by atoms with Crippen LogP contribution in [0.5, 0.6) is 0 Å². The first-order chi connectivity index (χ1) is 10.3. The molecule has 1 aromatic rings. The van der Waals surface area contributed by atoms with Crippen LogP contribution in [0.25, 0.3) is 0 Å². The minimum Gasteiger partial charge on any atom is -0.381 e. The summed E-state index contributed by atoms with van der Waals surface area (Å²) in [7, 11) is -3.28. The van der Waals surface area contributed by atoms with Gasteiger partial charge in [-0.1, -0.05) is 5.16 Å². The maximum absolute atomic E-state index is 12.6. The van der Waals surface area contributed by atoms with Crippen molar-refractivity contribution in [1.82, 2.24) is 14.4 Å². The lowest BCUT2D eigenvalue weighted by Gasteiger charge is -2.36. The minimum atomic E-state index is -3.28. The SMILES string of the molecule is Cc1noc([C@@H]2CN(S(=O)(=O)C(C)C)CC23CCOCC3)n1. The fourth-order valence-electron chi connectivity index (χ4n) is 3.49. The van der Waals surface area contributed by atoms with Crippen molar-refractivity contribution in [1.29, 1.82) is 0 Å². The van der Waals surface area contributed by atoms with E-state index in [1.54, 1.807) is 25.1 Å². The Morgan fingerprint density at radius 3 is 2.55 bits per heavy atom. The molecule has 0 amide bonds. The van der Waals surface area contributed by atoms with E-state index in [-0.39, 0.29) is 11.3 Å². The monoisotopic (exact) mass is 329 g/mol. The topological polar surface area (TPSA) is 85.5 Å². The predicted octanol–water partition coefficient (Wildman–Crippen LogP) is 1.31. The summed E-state index contributed by atoms with van der Waals surface area (Å²) in [6.07, 6.45) is 1.65. The third-order valence-electron chi connectivity index (χ3n) is 4.90. The summed E-state index contributed by atoms with van der Waals surface area (Å²) in [6.45, 7) is 7.46. The average molecular weight is 329 g/mol. The Bertz CT molecular complexity index is 634. The van der Waals surface area contributed by atoms with Crippen molar-refractivity contribution in [3.05, 3.63) is 11.7 Å². The number of aryl methyl sites for hydroxylation is 1. The van der Waals surface area contributed by atoms with Crippen molar-refractivity contribution in [3.63, 3.8) is 0 Å². The zero-order chi connectivity index (χ0) is 16.0. The van der Waals surface area contributed by atoms with Gasteiger partial charge in [0, 0.05) is 31.7 Å². The number of sulfonamides is 1. The summed E-state index contributed by atoms with van der Waals surface area (Å²) in [4.78, 5) is 4.36. The average Bonchev–Trinajstić information content (AvgIpc) is 3.04. The lowest BCUT2D eigenvalue weighted by Crippen LogP contribution is -2.39. The van der Waals surface area contributed by atoms with E-state index >= 15 is 0 Å². The third kappa shape index (κ3) is 2.57. The number of hydrogen-bond acceptors (Lipinski definition) is 6. The van der Waals surface area contributed by atoms with Gasteiger partial charge in [-0.25, -0.2) is 12.7 Å². The highest BCUT2D eigenvalue weighted by Gasteiger charge is 2.53. The molecule has 2 saturated heterocycles. The van der Waals surface area contributed by atoms with Crippen LogP contribution in [0.15, 0.2) is 4.52 Å². The number of aromatic nitrogens is 2. The Kier molecular flexibility index (Phi) is 4.03. The first-order valence-electron chi connectivity index (χ1n) is 7.72. The molecule has 1 spiro atoms. The molecule has 1 atom stereocenters. The van der Waals surface area contributed by atoms with Crippen molar-refractivity contribution in [2.24, 2.45) is 5.41 Å². The standard InChI is InChI=1S/C14H23N3O4S/c1-10(2)22(18,19)17-8-12(13-15-11(3)16-21-13)14(9-17)4-6-20-7-5-14/h10,12H,4-9H2,1-3H3/t12-/m0/s1. The first-order valence-corrected chi connectivity index (χ1v) is 9.22. The summed E-state index contributed by atoms with van der Waals surface area (Å²) in [5.41, 5.74) is -0.154. The van der Waals surface area contributed by atoms with Gasteiger partial charge >= 0.3 is 0 Å². The molecule has 3 heterocycles. The molecule has 0 N–H and O–H groups in total.